The van der Waals surface area contributed by atoms with Gasteiger partial charge in [0.15, 0.2) is 0 Å². The van der Waals surface area contributed by atoms with Crippen LogP contribution in [0.3, 0.4) is 0 Å². The van der Waals surface area contributed by atoms with Crippen LogP contribution in [0.4, 0.5) is 11.5 Å². The molecule has 2 saturated heterocycles. The van der Waals surface area contributed by atoms with Crippen molar-refractivity contribution >= 4 is 11.5 Å². The van der Waals surface area contributed by atoms with Crippen LogP contribution >= 0.6 is 0 Å². The van der Waals surface area contributed by atoms with Crippen molar-refractivity contribution in [2.24, 2.45) is 11.8 Å². The van der Waals surface area contributed by atoms with E-state index in [4.69, 9.17) is 0 Å². The van der Waals surface area contributed by atoms with E-state index in [1.165, 1.54) is 0 Å². The van der Waals surface area contributed by atoms with Crippen LogP contribution in [0.15, 0.2) is 12.3 Å². The number of fused-ring (bicyclic) bond motifs is 1. The largest absolute Gasteiger partial charge is 0.356 e. The van der Waals surface area contributed by atoms with E-state index in [0.29, 0.717) is 17.4 Å². The third kappa shape index (κ3) is 1.82. The molecule has 0 aliphatic carbocycles. The lowest BCUT2D eigenvalue weighted by Crippen LogP contribution is -2.26. The van der Waals surface area contributed by atoms with Crippen LogP contribution in [-0.2, 0) is 0 Å². The first-order valence-electron chi connectivity index (χ1n) is 6.22. The number of aromatic nitrogens is 1. The highest BCUT2D eigenvalue weighted by atomic mass is 16.6. The minimum atomic E-state index is -0.334. The van der Waals surface area contributed by atoms with Gasteiger partial charge in [0.2, 0.25) is 0 Å². The lowest BCUT2D eigenvalue weighted by Gasteiger charge is -2.18. The van der Waals surface area contributed by atoms with Crippen LogP contribution in [0, 0.1) is 28.9 Å². The molecule has 1 aromatic heterocycles. The van der Waals surface area contributed by atoms with E-state index in [9.17, 15) is 10.1 Å². The normalized spacial score (nSPS) is 26.4. The lowest BCUT2D eigenvalue weighted by atomic mass is 10.0. The Bertz CT molecular complexity index is 479. The summed E-state index contributed by atoms with van der Waals surface area (Å²) in [6.07, 6.45) is 1.60. The SMILES string of the molecule is Cc1cnc(N2CC3CNCC3C2)cc1[N+](=O)[O-]. The van der Waals surface area contributed by atoms with Gasteiger partial charge in [0, 0.05) is 37.9 Å². The van der Waals surface area contributed by atoms with E-state index < -0.39 is 0 Å². The van der Waals surface area contributed by atoms with E-state index in [1.807, 2.05) is 0 Å². The van der Waals surface area contributed by atoms with Gasteiger partial charge in [0.1, 0.15) is 5.82 Å². The molecule has 0 radical (unpaired) electrons. The van der Waals surface area contributed by atoms with Crippen LogP contribution in [0.25, 0.3) is 0 Å². The number of nitro groups is 1. The highest BCUT2D eigenvalue weighted by Crippen LogP contribution is 2.31. The molecule has 3 heterocycles. The number of hydrogen-bond donors (Lipinski definition) is 1. The van der Waals surface area contributed by atoms with Crippen molar-refractivity contribution in [1.29, 1.82) is 0 Å². The Morgan fingerprint density at radius 2 is 2.11 bits per heavy atom. The third-order valence-electron chi connectivity index (χ3n) is 3.97. The Balaban J connectivity index is 1.85. The van der Waals surface area contributed by atoms with Crippen LogP contribution < -0.4 is 10.2 Å². The van der Waals surface area contributed by atoms with Crippen LogP contribution in [0.1, 0.15) is 5.56 Å². The summed E-state index contributed by atoms with van der Waals surface area (Å²) in [6.45, 7) is 5.72. The Kier molecular flexibility index (Phi) is 2.66. The average molecular weight is 248 g/mol. The molecule has 2 aliphatic heterocycles. The van der Waals surface area contributed by atoms with Gasteiger partial charge in [-0.2, -0.15) is 0 Å². The van der Waals surface area contributed by atoms with Crippen molar-refractivity contribution < 1.29 is 4.92 Å². The minimum Gasteiger partial charge on any atom is -0.356 e. The number of nitrogens with zero attached hydrogens (tertiary/aromatic N) is 3. The summed E-state index contributed by atoms with van der Waals surface area (Å²) < 4.78 is 0. The first kappa shape index (κ1) is 11.4. The second-order valence-corrected chi connectivity index (χ2v) is 5.17. The summed E-state index contributed by atoms with van der Waals surface area (Å²) in [6, 6.07) is 1.60. The van der Waals surface area contributed by atoms with Crippen molar-refractivity contribution in [3.63, 3.8) is 0 Å². The molecule has 2 aliphatic rings. The monoisotopic (exact) mass is 248 g/mol. The smallest absolute Gasteiger partial charge is 0.277 e. The number of aryl methyl sites for hydroxylation is 1. The molecule has 18 heavy (non-hydrogen) atoms. The predicted octanol–water partition coefficient (Wildman–Crippen LogP) is 0.954. The van der Waals surface area contributed by atoms with Crippen LogP contribution in [0.5, 0.6) is 0 Å². The molecule has 3 rings (SSSR count). The molecule has 0 spiro atoms. The second kappa shape index (κ2) is 4.20. The van der Waals surface area contributed by atoms with Crippen molar-refractivity contribution in [3.8, 4) is 0 Å². The fourth-order valence-corrected chi connectivity index (χ4v) is 2.91. The number of rotatable bonds is 2. The fraction of sp³-hybridized carbons (Fsp3) is 0.583. The highest BCUT2D eigenvalue weighted by Gasteiger charge is 2.36. The molecule has 0 amide bonds. The standard InChI is InChI=1S/C12H16N4O2/c1-8-3-14-12(2-11(8)16(17)18)15-6-9-4-13-5-10(9)7-15/h2-3,9-10,13H,4-7H2,1H3. The Morgan fingerprint density at radius 1 is 1.44 bits per heavy atom. The zero-order chi connectivity index (χ0) is 12.7. The maximum absolute atomic E-state index is 10.9. The quantitative estimate of drug-likeness (QED) is 0.623. The summed E-state index contributed by atoms with van der Waals surface area (Å²) in [7, 11) is 0. The molecular formula is C12H16N4O2. The molecule has 6 nitrogen and oxygen atoms in total. The Hall–Kier alpha value is -1.69. The summed E-state index contributed by atoms with van der Waals surface area (Å²) in [5.41, 5.74) is 0.778. The van der Waals surface area contributed by atoms with Crippen molar-refractivity contribution in [1.82, 2.24) is 10.3 Å². The average Bonchev–Trinajstić information content (AvgIpc) is 2.89. The third-order valence-corrected chi connectivity index (χ3v) is 3.97. The second-order valence-electron chi connectivity index (χ2n) is 5.17. The van der Waals surface area contributed by atoms with Gasteiger partial charge in [-0.15, -0.1) is 0 Å². The van der Waals surface area contributed by atoms with Gasteiger partial charge in [-0.3, -0.25) is 10.1 Å². The molecular weight excluding hydrogens is 232 g/mol. The molecule has 1 N–H and O–H groups in total. The summed E-state index contributed by atoms with van der Waals surface area (Å²) in [5, 5.41) is 14.3. The zero-order valence-electron chi connectivity index (χ0n) is 10.3. The molecule has 0 aromatic carbocycles. The Morgan fingerprint density at radius 3 is 2.72 bits per heavy atom. The van der Waals surface area contributed by atoms with E-state index in [-0.39, 0.29) is 10.6 Å². The summed E-state index contributed by atoms with van der Waals surface area (Å²) in [5.74, 6) is 2.06. The van der Waals surface area contributed by atoms with Crippen molar-refractivity contribution in [3.05, 3.63) is 27.9 Å². The van der Waals surface area contributed by atoms with Gasteiger partial charge >= 0.3 is 0 Å². The minimum absolute atomic E-state index is 0.162. The Labute approximate surface area is 105 Å². The first-order chi connectivity index (χ1) is 8.65. The molecule has 1 aromatic rings. The van der Waals surface area contributed by atoms with Crippen LogP contribution in [-0.4, -0.2) is 36.1 Å². The summed E-state index contributed by atoms with van der Waals surface area (Å²) in [4.78, 5) is 17.1. The van der Waals surface area contributed by atoms with Gasteiger partial charge in [-0.25, -0.2) is 4.98 Å². The highest BCUT2D eigenvalue weighted by molar-refractivity contribution is 5.51. The summed E-state index contributed by atoms with van der Waals surface area (Å²) >= 11 is 0. The molecule has 6 heteroatoms. The van der Waals surface area contributed by atoms with Crippen LogP contribution in [0.2, 0.25) is 0 Å². The lowest BCUT2D eigenvalue weighted by molar-refractivity contribution is -0.385. The van der Waals surface area contributed by atoms with E-state index >= 15 is 0 Å². The number of hydrogen-bond acceptors (Lipinski definition) is 5. The van der Waals surface area contributed by atoms with Gasteiger partial charge in [-0.05, 0) is 18.8 Å². The van der Waals surface area contributed by atoms with E-state index in [0.717, 1.165) is 32.0 Å². The molecule has 96 valence electrons. The van der Waals surface area contributed by atoms with Gasteiger partial charge in [0.25, 0.3) is 5.69 Å². The molecule has 2 atom stereocenters. The van der Waals surface area contributed by atoms with Gasteiger partial charge < -0.3 is 10.2 Å². The number of pyridine rings is 1. The molecule has 2 fully saturated rings. The molecule has 0 saturated carbocycles. The number of nitrogens with one attached hydrogen (secondary N) is 1. The van der Waals surface area contributed by atoms with E-state index in [2.05, 4.69) is 15.2 Å². The van der Waals surface area contributed by atoms with Gasteiger partial charge in [0.05, 0.1) is 11.0 Å². The molecule has 0 bridgehead atoms. The van der Waals surface area contributed by atoms with Crippen molar-refractivity contribution in [2.75, 3.05) is 31.1 Å². The zero-order valence-corrected chi connectivity index (χ0v) is 10.3. The maximum atomic E-state index is 10.9. The van der Waals surface area contributed by atoms with E-state index in [1.54, 1.807) is 19.2 Å². The molecule has 2 unspecified atom stereocenters. The number of anilines is 1. The fourth-order valence-electron chi connectivity index (χ4n) is 2.91. The maximum Gasteiger partial charge on any atom is 0.277 e. The van der Waals surface area contributed by atoms with Crippen molar-refractivity contribution in [2.45, 2.75) is 6.92 Å². The topological polar surface area (TPSA) is 71.3 Å². The predicted molar refractivity (Wildman–Crippen MR) is 67.7 cm³/mol. The van der Waals surface area contributed by atoms with Gasteiger partial charge in [-0.1, -0.05) is 0 Å². The first-order valence-corrected chi connectivity index (χ1v) is 6.22.